The van der Waals surface area contributed by atoms with Crippen molar-refractivity contribution in [2.75, 3.05) is 20.1 Å². The molecule has 0 N–H and O–H groups in total. The highest BCUT2D eigenvalue weighted by Gasteiger charge is 2.50. The molecular weight excluding hydrogens is 544 g/mol. The molecule has 0 radical (unpaired) electrons. The molecule has 0 aromatic heterocycles. The lowest BCUT2D eigenvalue weighted by Crippen LogP contribution is -2.65. The van der Waals surface area contributed by atoms with Crippen LogP contribution in [0.3, 0.4) is 0 Å². The van der Waals surface area contributed by atoms with Gasteiger partial charge in [-0.25, -0.2) is 0 Å². The molecular formula is C34H42N4O5. The number of amides is 3. The number of piperidine rings is 1. The summed E-state index contributed by atoms with van der Waals surface area (Å²) in [6.07, 6.45) is 3.15. The summed E-state index contributed by atoms with van der Waals surface area (Å²) in [5.74, 6) is -0.621. The SMILES string of the molecule is CC(C)C[C@H]1ON(C(=O)c2cccc(C(=O)c3ccccc3)c2)C2=CN(C3CCN(C)CC3)C(=O)[C@H](CC(C)C)N2C1=O. The van der Waals surface area contributed by atoms with Crippen molar-refractivity contribution in [3.05, 3.63) is 83.3 Å². The maximum Gasteiger partial charge on any atom is 0.283 e. The van der Waals surface area contributed by atoms with Crippen LogP contribution in [0.5, 0.6) is 0 Å². The molecule has 5 rings (SSSR count). The van der Waals surface area contributed by atoms with Gasteiger partial charge >= 0.3 is 0 Å². The number of fused-ring (bicyclic) bond motifs is 1. The third-order valence-electron chi connectivity index (χ3n) is 8.36. The van der Waals surface area contributed by atoms with Crippen LogP contribution in [0.15, 0.2) is 66.6 Å². The lowest BCUT2D eigenvalue weighted by molar-refractivity contribution is -0.211. The third-order valence-corrected chi connectivity index (χ3v) is 8.36. The van der Waals surface area contributed by atoms with E-state index in [-0.39, 0.29) is 46.9 Å². The molecule has 9 heteroatoms. The first-order chi connectivity index (χ1) is 20.5. The summed E-state index contributed by atoms with van der Waals surface area (Å²) in [7, 11) is 2.07. The highest BCUT2D eigenvalue weighted by atomic mass is 16.7. The second kappa shape index (κ2) is 12.8. The molecule has 0 saturated carbocycles. The number of nitrogens with zero attached hydrogens (tertiary/aromatic N) is 4. The Morgan fingerprint density at radius 1 is 0.837 bits per heavy atom. The number of ketones is 1. The summed E-state index contributed by atoms with van der Waals surface area (Å²) in [4.78, 5) is 67.2. The van der Waals surface area contributed by atoms with E-state index in [0.29, 0.717) is 24.0 Å². The fourth-order valence-electron chi connectivity index (χ4n) is 6.09. The second-order valence-corrected chi connectivity index (χ2v) is 12.7. The maximum atomic E-state index is 14.2. The Morgan fingerprint density at radius 3 is 2.12 bits per heavy atom. The standard InChI is InChI=1S/C34H42N4O5/c1-22(2)18-28-33(41)36(27-14-16-35(5)17-15-27)21-30-37(28)34(42)29(19-23(3)4)43-38(30)32(40)26-13-9-12-25(20-26)31(39)24-10-7-6-8-11-24/h6-13,20-23,27-29H,14-19H2,1-5H3/t28-,29+/m0/s1. The highest BCUT2D eigenvalue weighted by molar-refractivity contribution is 6.10. The van der Waals surface area contributed by atoms with Gasteiger partial charge in [-0.3, -0.25) is 28.9 Å². The number of rotatable bonds is 8. The van der Waals surface area contributed by atoms with Crippen LogP contribution in [0.4, 0.5) is 0 Å². The zero-order chi connectivity index (χ0) is 30.8. The maximum absolute atomic E-state index is 14.2. The Morgan fingerprint density at radius 2 is 1.47 bits per heavy atom. The lowest BCUT2D eigenvalue weighted by atomic mass is 9.95. The number of likely N-dealkylation sites (tertiary alicyclic amines) is 1. The summed E-state index contributed by atoms with van der Waals surface area (Å²) in [6.45, 7) is 9.74. The highest BCUT2D eigenvalue weighted by Crippen LogP contribution is 2.36. The van der Waals surface area contributed by atoms with Gasteiger partial charge in [0.15, 0.2) is 17.7 Å². The first-order valence-electron chi connectivity index (χ1n) is 15.3. The van der Waals surface area contributed by atoms with Gasteiger partial charge in [-0.1, -0.05) is 70.2 Å². The van der Waals surface area contributed by atoms with Crippen LogP contribution in [0.1, 0.15) is 79.7 Å². The van der Waals surface area contributed by atoms with Gasteiger partial charge in [0.25, 0.3) is 11.8 Å². The molecule has 0 aliphatic carbocycles. The minimum atomic E-state index is -0.924. The molecule has 2 aromatic carbocycles. The van der Waals surface area contributed by atoms with Crippen molar-refractivity contribution in [2.24, 2.45) is 11.8 Å². The Hall–Kier alpha value is -3.82. The second-order valence-electron chi connectivity index (χ2n) is 12.7. The van der Waals surface area contributed by atoms with E-state index in [2.05, 4.69) is 11.9 Å². The average molecular weight is 587 g/mol. The van der Waals surface area contributed by atoms with Crippen LogP contribution in [0, 0.1) is 11.8 Å². The number of hydrogen-bond acceptors (Lipinski definition) is 6. The van der Waals surface area contributed by atoms with Gasteiger partial charge in [0.05, 0.1) is 6.20 Å². The Balaban J connectivity index is 1.56. The monoisotopic (exact) mass is 586 g/mol. The first kappa shape index (κ1) is 30.6. The average Bonchev–Trinajstić information content (AvgIpc) is 2.99. The van der Waals surface area contributed by atoms with E-state index in [4.69, 9.17) is 4.84 Å². The molecule has 0 bridgehead atoms. The number of carbonyl (C=O) groups is 4. The molecule has 2 aromatic rings. The summed E-state index contributed by atoms with van der Waals surface area (Å²) < 4.78 is 0. The predicted molar refractivity (Wildman–Crippen MR) is 162 cm³/mol. The number of hydrogen-bond donors (Lipinski definition) is 0. The van der Waals surface area contributed by atoms with Gasteiger partial charge in [-0.2, -0.15) is 5.06 Å². The van der Waals surface area contributed by atoms with E-state index in [1.54, 1.807) is 59.6 Å². The summed E-state index contributed by atoms with van der Waals surface area (Å²) in [5.41, 5.74) is 1.15. The van der Waals surface area contributed by atoms with Crippen LogP contribution in [0.2, 0.25) is 0 Å². The van der Waals surface area contributed by atoms with Crippen LogP contribution in [-0.4, -0.2) is 81.6 Å². The Labute approximate surface area is 254 Å². The van der Waals surface area contributed by atoms with Crippen molar-refractivity contribution in [3.63, 3.8) is 0 Å². The van der Waals surface area contributed by atoms with E-state index >= 15 is 0 Å². The van der Waals surface area contributed by atoms with Crippen LogP contribution in [0.25, 0.3) is 0 Å². The van der Waals surface area contributed by atoms with Crippen molar-refractivity contribution in [1.29, 1.82) is 0 Å². The molecule has 228 valence electrons. The Bertz CT molecular complexity index is 1400. The smallest absolute Gasteiger partial charge is 0.283 e. The largest absolute Gasteiger partial charge is 0.310 e. The van der Waals surface area contributed by atoms with Crippen molar-refractivity contribution in [2.45, 2.75) is 71.6 Å². The Kier molecular flexibility index (Phi) is 9.13. The van der Waals surface area contributed by atoms with Gasteiger partial charge in [0.2, 0.25) is 5.91 Å². The lowest BCUT2D eigenvalue weighted by Gasteiger charge is -2.49. The number of benzene rings is 2. The number of hydroxylamine groups is 2. The molecule has 3 amide bonds. The molecule has 2 fully saturated rings. The quantitative estimate of drug-likeness (QED) is 0.417. The molecule has 3 aliphatic rings. The van der Waals surface area contributed by atoms with Crippen molar-refractivity contribution in [1.82, 2.24) is 19.8 Å². The van der Waals surface area contributed by atoms with E-state index in [1.807, 2.05) is 33.8 Å². The summed E-state index contributed by atoms with van der Waals surface area (Å²) in [5, 5.41) is 1.18. The van der Waals surface area contributed by atoms with E-state index in [1.165, 1.54) is 9.96 Å². The van der Waals surface area contributed by atoms with Gasteiger partial charge in [0, 0.05) is 22.7 Å². The zero-order valence-electron chi connectivity index (χ0n) is 25.7. The van der Waals surface area contributed by atoms with Crippen molar-refractivity contribution >= 4 is 23.5 Å². The summed E-state index contributed by atoms with van der Waals surface area (Å²) >= 11 is 0. The normalized spacial score (nSPS) is 21.8. The fraction of sp³-hybridized carbons (Fsp3) is 0.471. The molecule has 0 unspecified atom stereocenters. The topological polar surface area (TPSA) is 90.5 Å². The molecule has 2 atom stereocenters. The van der Waals surface area contributed by atoms with Crippen molar-refractivity contribution < 1.29 is 24.0 Å². The fourth-order valence-corrected chi connectivity index (χ4v) is 6.09. The summed E-state index contributed by atoms with van der Waals surface area (Å²) in [6, 6.07) is 14.7. The molecule has 9 nitrogen and oxygen atoms in total. The van der Waals surface area contributed by atoms with Crippen LogP contribution in [-0.2, 0) is 14.4 Å². The predicted octanol–water partition coefficient (Wildman–Crippen LogP) is 4.70. The minimum absolute atomic E-state index is 0.0414. The van der Waals surface area contributed by atoms with Crippen LogP contribution < -0.4 is 0 Å². The van der Waals surface area contributed by atoms with E-state index in [0.717, 1.165) is 25.9 Å². The molecule has 3 heterocycles. The number of carbonyl (C=O) groups excluding carboxylic acids is 4. The zero-order valence-corrected chi connectivity index (χ0v) is 25.7. The first-order valence-corrected chi connectivity index (χ1v) is 15.3. The van der Waals surface area contributed by atoms with Crippen molar-refractivity contribution in [3.8, 4) is 0 Å². The minimum Gasteiger partial charge on any atom is -0.310 e. The molecule has 0 spiro atoms. The molecule has 2 saturated heterocycles. The van der Waals surface area contributed by atoms with E-state index in [9.17, 15) is 19.2 Å². The van der Waals surface area contributed by atoms with Crippen LogP contribution >= 0.6 is 0 Å². The van der Waals surface area contributed by atoms with Gasteiger partial charge in [0.1, 0.15) is 6.04 Å². The van der Waals surface area contributed by atoms with Gasteiger partial charge in [-0.05, 0) is 69.8 Å². The molecule has 3 aliphatic heterocycles. The molecule has 43 heavy (non-hydrogen) atoms. The van der Waals surface area contributed by atoms with E-state index < -0.39 is 18.1 Å². The van der Waals surface area contributed by atoms with Gasteiger partial charge in [-0.15, -0.1) is 0 Å². The third kappa shape index (κ3) is 6.43. The van der Waals surface area contributed by atoms with Gasteiger partial charge < -0.3 is 9.80 Å².